The molecule has 1 aromatic rings. The molecule has 20 heavy (non-hydrogen) atoms. The molecule has 0 aromatic heterocycles. The minimum Gasteiger partial charge on any atom is -0.387 e. The Hall–Kier alpha value is -1.46. The fourth-order valence-electron chi connectivity index (χ4n) is 2.86. The van der Waals surface area contributed by atoms with Gasteiger partial charge in [0, 0.05) is 24.7 Å². The van der Waals surface area contributed by atoms with Crippen LogP contribution >= 0.6 is 0 Å². The Morgan fingerprint density at radius 3 is 2.50 bits per heavy atom. The third kappa shape index (κ3) is 3.77. The Labute approximate surface area is 119 Å². The van der Waals surface area contributed by atoms with E-state index in [0.717, 1.165) is 0 Å². The number of hydrogen-bond acceptors (Lipinski definition) is 4. The van der Waals surface area contributed by atoms with Crippen LogP contribution in [0.3, 0.4) is 0 Å². The van der Waals surface area contributed by atoms with Crippen molar-refractivity contribution >= 4 is 5.69 Å². The molecule has 2 unspecified atom stereocenters. The lowest BCUT2D eigenvalue weighted by Gasteiger charge is -2.22. The van der Waals surface area contributed by atoms with E-state index in [1.54, 1.807) is 12.1 Å². The van der Waals surface area contributed by atoms with Gasteiger partial charge in [-0.3, -0.25) is 10.1 Å². The summed E-state index contributed by atoms with van der Waals surface area (Å²) < 4.78 is 0. The maximum Gasteiger partial charge on any atom is 0.269 e. The monoisotopic (exact) mass is 278 g/mol. The number of nitrogens with one attached hydrogen (secondary N) is 1. The van der Waals surface area contributed by atoms with Gasteiger partial charge in [-0.25, -0.2) is 0 Å². The van der Waals surface area contributed by atoms with Gasteiger partial charge in [0.05, 0.1) is 11.0 Å². The zero-order chi connectivity index (χ0) is 14.5. The number of nitrogens with zero attached hydrogens (tertiary/aromatic N) is 1. The topological polar surface area (TPSA) is 75.4 Å². The summed E-state index contributed by atoms with van der Waals surface area (Å²) in [5.41, 5.74) is 0.759. The molecule has 1 saturated carbocycles. The molecule has 0 aliphatic heterocycles. The molecule has 2 N–H and O–H groups in total. The van der Waals surface area contributed by atoms with E-state index in [9.17, 15) is 15.2 Å². The number of non-ortho nitro benzene ring substituents is 1. The molecule has 0 amide bonds. The predicted octanol–water partition coefficient (Wildman–Crippen LogP) is 2.80. The number of rotatable bonds is 6. The van der Waals surface area contributed by atoms with Crippen molar-refractivity contribution in [2.24, 2.45) is 5.92 Å². The second kappa shape index (κ2) is 6.81. The van der Waals surface area contributed by atoms with Gasteiger partial charge in [0.1, 0.15) is 0 Å². The molecule has 0 radical (unpaired) electrons. The summed E-state index contributed by atoms with van der Waals surface area (Å²) in [6.07, 6.45) is 4.52. The van der Waals surface area contributed by atoms with Gasteiger partial charge in [0.2, 0.25) is 0 Å². The molecular weight excluding hydrogens is 256 g/mol. The average molecular weight is 278 g/mol. The third-order valence-corrected chi connectivity index (χ3v) is 4.23. The molecule has 1 aliphatic rings. The van der Waals surface area contributed by atoms with Gasteiger partial charge in [-0.05, 0) is 43.4 Å². The van der Waals surface area contributed by atoms with E-state index >= 15 is 0 Å². The fraction of sp³-hybridized carbons (Fsp3) is 0.600. The maximum atomic E-state index is 10.6. The fourth-order valence-corrected chi connectivity index (χ4v) is 2.86. The van der Waals surface area contributed by atoms with E-state index in [1.165, 1.54) is 37.8 Å². The van der Waals surface area contributed by atoms with E-state index < -0.39 is 11.0 Å². The molecule has 0 bridgehead atoms. The Balaban J connectivity index is 1.84. The van der Waals surface area contributed by atoms with Crippen molar-refractivity contribution in [2.75, 3.05) is 6.54 Å². The largest absolute Gasteiger partial charge is 0.387 e. The summed E-state index contributed by atoms with van der Waals surface area (Å²) in [5, 5.41) is 24.1. The average Bonchev–Trinajstić information content (AvgIpc) is 2.98. The first kappa shape index (κ1) is 14.9. The highest BCUT2D eigenvalue weighted by Crippen LogP contribution is 2.27. The smallest absolute Gasteiger partial charge is 0.269 e. The lowest BCUT2D eigenvalue weighted by Crippen LogP contribution is -2.35. The van der Waals surface area contributed by atoms with Gasteiger partial charge >= 0.3 is 0 Å². The Morgan fingerprint density at radius 2 is 1.95 bits per heavy atom. The molecule has 5 nitrogen and oxygen atoms in total. The van der Waals surface area contributed by atoms with Crippen LogP contribution in [0.4, 0.5) is 5.69 Å². The van der Waals surface area contributed by atoms with Crippen LogP contribution in [0, 0.1) is 16.0 Å². The predicted molar refractivity (Wildman–Crippen MR) is 77.5 cm³/mol. The number of nitro benzene ring substituents is 1. The van der Waals surface area contributed by atoms with Crippen LogP contribution in [0.1, 0.15) is 44.3 Å². The van der Waals surface area contributed by atoms with Gasteiger partial charge in [-0.15, -0.1) is 0 Å². The molecule has 5 heteroatoms. The first-order chi connectivity index (χ1) is 9.58. The molecular formula is C15H22N2O3. The van der Waals surface area contributed by atoms with Gasteiger partial charge in [-0.1, -0.05) is 12.8 Å². The number of aliphatic hydroxyl groups excluding tert-OH is 1. The zero-order valence-corrected chi connectivity index (χ0v) is 11.8. The van der Waals surface area contributed by atoms with Crippen molar-refractivity contribution in [3.05, 3.63) is 39.9 Å². The van der Waals surface area contributed by atoms with E-state index in [2.05, 4.69) is 12.2 Å². The van der Waals surface area contributed by atoms with Crippen LogP contribution in [0.25, 0.3) is 0 Å². The SMILES string of the molecule is CC(NCC(O)c1ccc([N+](=O)[O-])cc1)C1CCCC1. The lowest BCUT2D eigenvalue weighted by atomic mass is 9.99. The van der Waals surface area contributed by atoms with Crippen molar-refractivity contribution in [1.82, 2.24) is 5.32 Å². The molecule has 0 heterocycles. The van der Waals surface area contributed by atoms with E-state index in [1.807, 2.05) is 0 Å². The van der Waals surface area contributed by atoms with Crippen molar-refractivity contribution in [1.29, 1.82) is 0 Å². The molecule has 0 spiro atoms. The number of benzene rings is 1. The van der Waals surface area contributed by atoms with Crippen LogP contribution in [0.15, 0.2) is 24.3 Å². The normalized spacial score (nSPS) is 18.9. The lowest BCUT2D eigenvalue weighted by molar-refractivity contribution is -0.384. The Kier molecular flexibility index (Phi) is 5.09. The zero-order valence-electron chi connectivity index (χ0n) is 11.8. The first-order valence-corrected chi connectivity index (χ1v) is 7.23. The Morgan fingerprint density at radius 1 is 1.35 bits per heavy atom. The summed E-state index contributed by atoms with van der Waals surface area (Å²) in [4.78, 5) is 10.1. The third-order valence-electron chi connectivity index (χ3n) is 4.23. The Bertz CT molecular complexity index is 441. The molecule has 1 aliphatic carbocycles. The highest BCUT2D eigenvalue weighted by Gasteiger charge is 2.21. The van der Waals surface area contributed by atoms with E-state index in [-0.39, 0.29) is 5.69 Å². The second-order valence-corrected chi connectivity index (χ2v) is 5.61. The van der Waals surface area contributed by atoms with Crippen LogP contribution in [0.5, 0.6) is 0 Å². The summed E-state index contributed by atoms with van der Waals surface area (Å²) >= 11 is 0. The van der Waals surface area contributed by atoms with Gasteiger partial charge in [0.25, 0.3) is 5.69 Å². The van der Waals surface area contributed by atoms with E-state index in [0.29, 0.717) is 24.1 Å². The molecule has 110 valence electrons. The molecule has 2 rings (SSSR count). The first-order valence-electron chi connectivity index (χ1n) is 7.23. The quantitative estimate of drug-likeness (QED) is 0.619. The van der Waals surface area contributed by atoms with Crippen LogP contribution in [-0.4, -0.2) is 22.6 Å². The second-order valence-electron chi connectivity index (χ2n) is 5.61. The molecule has 1 aromatic carbocycles. The summed E-state index contributed by atoms with van der Waals surface area (Å²) in [7, 11) is 0. The minimum atomic E-state index is -0.625. The number of hydrogen-bond donors (Lipinski definition) is 2. The molecule has 2 atom stereocenters. The van der Waals surface area contributed by atoms with Crippen molar-refractivity contribution < 1.29 is 10.0 Å². The summed E-state index contributed by atoms with van der Waals surface area (Å²) in [5.74, 6) is 0.707. The summed E-state index contributed by atoms with van der Waals surface area (Å²) in [6.45, 7) is 2.65. The van der Waals surface area contributed by atoms with Gasteiger partial charge in [0.15, 0.2) is 0 Å². The van der Waals surface area contributed by atoms with Crippen LogP contribution < -0.4 is 5.32 Å². The van der Waals surface area contributed by atoms with Crippen molar-refractivity contribution in [2.45, 2.75) is 44.8 Å². The van der Waals surface area contributed by atoms with Crippen LogP contribution in [-0.2, 0) is 0 Å². The number of aliphatic hydroxyl groups is 1. The van der Waals surface area contributed by atoms with Crippen LogP contribution in [0.2, 0.25) is 0 Å². The standard InChI is InChI=1S/C15H22N2O3/c1-11(12-4-2-3-5-12)16-10-15(18)13-6-8-14(9-7-13)17(19)20/h6-9,11-12,15-16,18H,2-5,10H2,1H3. The minimum absolute atomic E-state index is 0.0493. The highest BCUT2D eigenvalue weighted by atomic mass is 16.6. The van der Waals surface area contributed by atoms with Gasteiger partial charge < -0.3 is 10.4 Å². The maximum absolute atomic E-state index is 10.6. The van der Waals surface area contributed by atoms with E-state index in [4.69, 9.17) is 0 Å². The number of nitro groups is 1. The summed E-state index contributed by atoms with van der Waals surface area (Å²) in [6, 6.07) is 6.50. The molecule has 0 saturated heterocycles. The van der Waals surface area contributed by atoms with Gasteiger partial charge in [-0.2, -0.15) is 0 Å². The molecule has 1 fully saturated rings. The van der Waals surface area contributed by atoms with Crippen molar-refractivity contribution in [3.8, 4) is 0 Å². The van der Waals surface area contributed by atoms with Crippen molar-refractivity contribution in [3.63, 3.8) is 0 Å². The highest BCUT2D eigenvalue weighted by molar-refractivity contribution is 5.33.